The molecule has 1 saturated heterocycles. The molecule has 136 valence electrons. The molecule has 0 spiro atoms. The summed E-state index contributed by atoms with van der Waals surface area (Å²) in [5.74, 6) is -0.560. The summed E-state index contributed by atoms with van der Waals surface area (Å²) in [6.45, 7) is 0.00562. The van der Waals surface area contributed by atoms with E-state index in [2.05, 4.69) is 4.98 Å². The van der Waals surface area contributed by atoms with Gasteiger partial charge in [0.25, 0.3) is 0 Å². The van der Waals surface area contributed by atoms with Crippen LogP contribution >= 0.6 is 11.3 Å². The second-order valence-electron chi connectivity index (χ2n) is 6.41. The number of amidine groups is 1. The van der Waals surface area contributed by atoms with Crippen LogP contribution in [0.15, 0.2) is 41.5 Å². The van der Waals surface area contributed by atoms with E-state index in [1.165, 1.54) is 16.2 Å². The van der Waals surface area contributed by atoms with Crippen molar-refractivity contribution < 1.29 is 18.6 Å². The molecule has 0 radical (unpaired) electrons. The molecule has 0 amide bonds. The van der Waals surface area contributed by atoms with Gasteiger partial charge in [-0.15, -0.1) is 11.3 Å². The van der Waals surface area contributed by atoms with Crippen molar-refractivity contribution in [2.45, 2.75) is 12.1 Å². The quantitative estimate of drug-likeness (QED) is 0.731. The van der Waals surface area contributed by atoms with Crippen molar-refractivity contribution >= 4 is 32.6 Å². The smallest absolute Gasteiger partial charge is 0.155 e. The van der Waals surface area contributed by atoms with Crippen molar-refractivity contribution in [3.63, 3.8) is 0 Å². The van der Waals surface area contributed by atoms with Crippen LogP contribution < -0.4 is 0 Å². The molecule has 3 N–H and O–H groups in total. The molecule has 1 fully saturated rings. The van der Waals surface area contributed by atoms with E-state index in [9.17, 15) is 18.6 Å². The van der Waals surface area contributed by atoms with Crippen molar-refractivity contribution in [2.24, 2.45) is 0 Å². The number of nitrogens with zero attached hydrogens (tertiary/aromatic N) is 2. The third kappa shape index (κ3) is 2.91. The number of rotatable bonds is 3. The molecule has 26 heavy (non-hydrogen) atoms. The lowest BCUT2D eigenvalue weighted by Gasteiger charge is -2.27. The minimum Gasteiger partial charge on any atom is -0.510 e. The van der Waals surface area contributed by atoms with Crippen molar-refractivity contribution in [1.82, 2.24) is 9.88 Å². The monoisotopic (exact) mass is 391 g/mol. The second kappa shape index (κ2) is 6.19. The normalized spacial score (nSPS) is 25.3. The Kier molecular flexibility index (Phi) is 4.09. The summed E-state index contributed by atoms with van der Waals surface area (Å²) >= 11 is 1.32. The van der Waals surface area contributed by atoms with Crippen molar-refractivity contribution in [3.8, 4) is 11.3 Å². The molecule has 2 aliphatic heterocycles. The van der Waals surface area contributed by atoms with Crippen LogP contribution in [-0.2, 0) is 9.84 Å². The van der Waals surface area contributed by atoms with Gasteiger partial charge in [-0.3, -0.25) is 5.41 Å². The zero-order valence-corrected chi connectivity index (χ0v) is 15.3. The molecule has 7 nitrogen and oxygen atoms in total. The SMILES string of the molecule is N=C1C(c2nc(-c3ccccc3)cs2)=C(O)CN1[C@H]1CS(=O)(=O)C[C@H]1O. The Balaban J connectivity index is 1.61. The summed E-state index contributed by atoms with van der Waals surface area (Å²) in [6.07, 6.45) is -1.07. The fraction of sp³-hybridized carbons (Fsp3) is 0.294. The first kappa shape index (κ1) is 17.2. The highest BCUT2D eigenvalue weighted by Crippen LogP contribution is 2.34. The Morgan fingerprint density at radius 2 is 1.96 bits per heavy atom. The minimum atomic E-state index is -3.34. The largest absolute Gasteiger partial charge is 0.510 e. The van der Waals surface area contributed by atoms with Crippen LogP contribution in [0.2, 0.25) is 0 Å². The maximum absolute atomic E-state index is 11.8. The molecule has 2 aromatic rings. The lowest BCUT2D eigenvalue weighted by Crippen LogP contribution is -2.44. The van der Waals surface area contributed by atoms with Gasteiger partial charge in [0.1, 0.15) is 16.6 Å². The van der Waals surface area contributed by atoms with Gasteiger partial charge in [0.2, 0.25) is 0 Å². The van der Waals surface area contributed by atoms with E-state index in [-0.39, 0.29) is 29.6 Å². The van der Waals surface area contributed by atoms with E-state index in [4.69, 9.17) is 5.41 Å². The van der Waals surface area contributed by atoms with Gasteiger partial charge in [-0.2, -0.15) is 0 Å². The number of aromatic nitrogens is 1. The van der Waals surface area contributed by atoms with Crippen molar-refractivity contribution in [2.75, 3.05) is 18.1 Å². The highest BCUT2D eigenvalue weighted by atomic mass is 32.2. The highest BCUT2D eigenvalue weighted by Gasteiger charge is 2.44. The van der Waals surface area contributed by atoms with Crippen LogP contribution in [0.1, 0.15) is 5.01 Å². The van der Waals surface area contributed by atoms with E-state index in [0.717, 1.165) is 11.3 Å². The third-order valence-electron chi connectivity index (χ3n) is 4.61. The van der Waals surface area contributed by atoms with Crippen LogP contribution in [0.3, 0.4) is 0 Å². The zero-order chi connectivity index (χ0) is 18.5. The summed E-state index contributed by atoms with van der Waals surface area (Å²) in [6, 6.07) is 8.87. The Bertz CT molecular complexity index is 998. The van der Waals surface area contributed by atoms with Crippen LogP contribution in [-0.4, -0.2) is 64.5 Å². The predicted molar refractivity (Wildman–Crippen MR) is 100.0 cm³/mol. The average Bonchev–Trinajstić information content (AvgIpc) is 3.25. The molecule has 4 rings (SSSR count). The molecule has 2 atom stereocenters. The fourth-order valence-corrected chi connectivity index (χ4v) is 6.04. The third-order valence-corrected chi connectivity index (χ3v) is 7.17. The number of nitrogens with one attached hydrogen (secondary N) is 1. The predicted octanol–water partition coefficient (Wildman–Crippen LogP) is 1.53. The highest BCUT2D eigenvalue weighted by molar-refractivity contribution is 7.91. The average molecular weight is 391 g/mol. The van der Waals surface area contributed by atoms with Crippen LogP contribution in [0, 0.1) is 5.41 Å². The lowest BCUT2D eigenvalue weighted by atomic mass is 10.1. The van der Waals surface area contributed by atoms with Crippen LogP contribution in [0.5, 0.6) is 0 Å². The first-order valence-corrected chi connectivity index (χ1v) is 10.7. The summed E-state index contributed by atoms with van der Waals surface area (Å²) in [7, 11) is -3.34. The number of sulfone groups is 1. The van der Waals surface area contributed by atoms with Crippen molar-refractivity contribution in [1.29, 1.82) is 5.41 Å². The Labute approximate surface area is 154 Å². The molecule has 0 aliphatic carbocycles. The molecule has 0 bridgehead atoms. The molecular formula is C17H17N3O4S2. The topological polar surface area (TPSA) is 115 Å². The minimum absolute atomic E-state index is 0.00221. The number of hydrogen-bond donors (Lipinski definition) is 3. The van der Waals surface area contributed by atoms with Gasteiger partial charge in [-0.05, 0) is 0 Å². The molecule has 0 saturated carbocycles. The summed E-state index contributed by atoms with van der Waals surface area (Å²) in [5.41, 5.74) is 1.99. The molecule has 2 aliphatic rings. The van der Waals surface area contributed by atoms with E-state index in [0.29, 0.717) is 10.6 Å². The molecular weight excluding hydrogens is 374 g/mol. The van der Waals surface area contributed by atoms with Crippen LogP contribution in [0.25, 0.3) is 16.8 Å². The maximum Gasteiger partial charge on any atom is 0.155 e. The first-order valence-electron chi connectivity index (χ1n) is 8.03. The molecule has 0 unspecified atom stereocenters. The number of benzene rings is 1. The molecule has 9 heteroatoms. The van der Waals surface area contributed by atoms with Gasteiger partial charge in [0.15, 0.2) is 9.84 Å². The number of aliphatic hydroxyl groups is 2. The van der Waals surface area contributed by atoms with Gasteiger partial charge >= 0.3 is 0 Å². The zero-order valence-electron chi connectivity index (χ0n) is 13.7. The van der Waals surface area contributed by atoms with E-state index in [1.54, 1.807) is 0 Å². The maximum atomic E-state index is 11.8. The lowest BCUT2D eigenvalue weighted by molar-refractivity contribution is 0.124. The van der Waals surface area contributed by atoms with Gasteiger partial charge in [0.05, 0.1) is 41.5 Å². The Hall–Kier alpha value is -2.23. The van der Waals surface area contributed by atoms with Crippen LogP contribution in [0.4, 0.5) is 0 Å². The first-order chi connectivity index (χ1) is 12.4. The standard InChI is InChI=1S/C17H17N3O4S2/c18-16-15(17-19-11(7-25-17)10-4-2-1-3-5-10)13(21)6-20(16)12-8-26(23,24)9-14(12)22/h1-5,7,12,14,18,21-22H,6,8-9H2/t12-,14+/m0/s1. The summed E-state index contributed by atoms with van der Waals surface area (Å²) < 4.78 is 23.5. The van der Waals surface area contributed by atoms with E-state index >= 15 is 0 Å². The van der Waals surface area contributed by atoms with Gasteiger partial charge < -0.3 is 15.1 Å². The number of aliphatic hydroxyl groups excluding tert-OH is 2. The summed E-state index contributed by atoms with van der Waals surface area (Å²) in [5, 5.41) is 31.2. The molecule has 3 heterocycles. The second-order valence-corrected chi connectivity index (χ2v) is 9.43. The van der Waals surface area contributed by atoms with E-state index < -0.39 is 22.0 Å². The number of thiazole rings is 1. The Morgan fingerprint density at radius 3 is 2.62 bits per heavy atom. The fourth-order valence-electron chi connectivity index (χ4n) is 3.35. The van der Waals surface area contributed by atoms with Gasteiger partial charge in [0, 0.05) is 10.9 Å². The number of hydrogen-bond acceptors (Lipinski definition) is 7. The Morgan fingerprint density at radius 1 is 1.23 bits per heavy atom. The van der Waals surface area contributed by atoms with E-state index in [1.807, 2.05) is 35.7 Å². The molecule has 1 aromatic carbocycles. The van der Waals surface area contributed by atoms with Crippen molar-refractivity contribution in [3.05, 3.63) is 46.5 Å². The van der Waals surface area contributed by atoms with Gasteiger partial charge in [-0.1, -0.05) is 30.3 Å². The summed E-state index contributed by atoms with van der Waals surface area (Å²) in [4.78, 5) is 5.97. The molecule has 1 aromatic heterocycles. The van der Waals surface area contributed by atoms with Gasteiger partial charge in [-0.25, -0.2) is 13.4 Å².